The number of hydrogen-bond donors (Lipinski definition) is 2. The van der Waals surface area contributed by atoms with Crippen molar-refractivity contribution >= 4 is 17.4 Å². The summed E-state index contributed by atoms with van der Waals surface area (Å²) in [6.07, 6.45) is 12.7. The normalized spacial score (nSPS) is 41.0. The summed E-state index contributed by atoms with van der Waals surface area (Å²) in [7, 11) is 0. The number of ketones is 1. The van der Waals surface area contributed by atoms with E-state index >= 15 is 0 Å². The molecule has 6 atom stereocenters. The lowest BCUT2D eigenvalue weighted by molar-refractivity contribution is -0.161. The zero-order valence-electron chi connectivity index (χ0n) is 17.9. The van der Waals surface area contributed by atoms with Crippen LogP contribution in [0.15, 0.2) is 48.2 Å². The van der Waals surface area contributed by atoms with E-state index in [9.17, 15) is 14.7 Å². The van der Waals surface area contributed by atoms with Gasteiger partial charge in [0.05, 0.1) is 11.1 Å². The van der Waals surface area contributed by atoms with Gasteiger partial charge in [-0.2, -0.15) is 0 Å². The highest BCUT2D eigenvalue weighted by Gasteiger charge is 2.57. The molecule has 5 rings (SSSR count). The smallest absolute Gasteiger partial charge is 0.309 e. The van der Waals surface area contributed by atoms with Gasteiger partial charge in [-0.25, -0.2) is 0 Å². The molecule has 2 saturated carbocycles. The van der Waals surface area contributed by atoms with Gasteiger partial charge < -0.3 is 10.4 Å². The van der Waals surface area contributed by atoms with Crippen LogP contribution in [-0.2, 0) is 4.79 Å². The lowest BCUT2D eigenvalue weighted by Crippen LogP contribution is -2.54. The van der Waals surface area contributed by atoms with Crippen LogP contribution in [0.4, 0.5) is 5.69 Å². The number of anilines is 1. The van der Waals surface area contributed by atoms with Gasteiger partial charge in [-0.15, -0.1) is 0 Å². The fourth-order valence-electron chi connectivity index (χ4n) is 7.08. The van der Waals surface area contributed by atoms with Crippen molar-refractivity contribution in [1.29, 1.82) is 0 Å². The van der Waals surface area contributed by atoms with Crippen molar-refractivity contribution < 1.29 is 14.7 Å². The molecule has 1 heterocycles. The third-order valence-corrected chi connectivity index (χ3v) is 8.98. The summed E-state index contributed by atoms with van der Waals surface area (Å²) in [5.41, 5.74) is 1.47. The molecule has 30 heavy (non-hydrogen) atoms. The zero-order chi connectivity index (χ0) is 21.1. The number of para-hydroxylation sites is 1. The molecule has 1 aromatic carbocycles. The Morgan fingerprint density at radius 3 is 2.73 bits per heavy atom. The van der Waals surface area contributed by atoms with Gasteiger partial charge in [-0.05, 0) is 86.7 Å². The maximum absolute atomic E-state index is 13.0. The lowest BCUT2D eigenvalue weighted by Gasteiger charge is -2.59. The molecule has 3 aliphatic carbocycles. The van der Waals surface area contributed by atoms with Crippen LogP contribution in [0.25, 0.3) is 0 Å². The number of Topliss-reactive ketones (excluding diaryl/α,β-unsaturated/α-hetero) is 1. The van der Waals surface area contributed by atoms with E-state index in [4.69, 9.17) is 0 Å². The molecule has 0 radical (unpaired) electrons. The number of carbonyl (C=O) groups is 2. The van der Waals surface area contributed by atoms with E-state index in [0.717, 1.165) is 37.8 Å². The quantitative estimate of drug-likeness (QED) is 0.491. The van der Waals surface area contributed by atoms with Crippen LogP contribution >= 0.6 is 0 Å². The van der Waals surface area contributed by atoms with Crippen molar-refractivity contribution in [3.8, 4) is 0 Å². The zero-order valence-corrected chi connectivity index (χ0v) is 17.9. The average molecular weight is 406 g/mol. The molecule has 2 N–H and O–H groups in total. The van der Waals surface area contributed by atoms with Gasteiger partial charge in [0.2, 0.25) is 5.78 Å². The van der Waals surface area contributed by atoms with Gasteiger partial charge in [-0.3, -0.25) is 9.59 Å². The Kier molecular flexibility index (Phi) is 4.46. The molecule has 0 amide bonds. The van der Waals surface area contributed by atoms with Gasteiger partial charge >= 0.3 is 5.97 Å². The van der Waals surface area contributed by atoms with Crippen molar-refractivity contribution in [2.24, 2.45) is 34.5 Å². The molecule has 0 aromatic heterocycles. The monoisotopic (exact) mass is 405 g/mol. The maximum Gasteiger partial charge on any atom is 0.309 e. The molecular weight excluding hydrogens is 374 g/mol. The summed E-state index contributed by atoms with van der Waals surface area (Å²) >= 11 is 0. The Hall–Kier alpha value is -2.36. The summed E-state index contributed by atoms with van der Waals surface area (Å²) in [4.78, 5) is 25.5. The Bertz CT molecular complexity index is 963. The number of allylic oxidation sites excluding steroid dienone is 4. The number of carbonyl (C=O) groups excluding carboxylic acids is 1. The second-order valence-corrected chi connectivity index (χ2v) is 10.3. The summed E-state index contributed by atoms with van der Waals surface area (Å²) in [6.45, 7) is 4.33. The Morgan fingerprint density at radius 1 is 1.17 bits per heavy atom. The second kappa shape index (κ2) is 6.83. The van der Waals surface area contributed by atoms with Crippen molar-refractivity contribution in [2.45, 2.75) is 52.4 Å². The molecule has 4 aliphatic rings. The molecule has 1 aliphatic heterocycles. The minimum Gasteiger partial charge on any atom is -0.481 e. The van der Waals surface area contributed by atoms with Crippen molar-refractivity contribution in [3.63, 3.8) is 0 Å². The van der Waals surface area contributed by atoms with Crippen molar-refractivity contribution in [1.82, 2.24) is 0 Å². The van der Waals surface area contributed by atoms with E-state index in [1.54, 1.807) is 0 Å². The van der Waals surface area contributed by atoms with E-state index in [2.05, 4.69) is 24.4 Å². The standard InChI is InChI=1S/C26H31NO3/c1-25-13-6-5-7-16(25)10-11-17-19(25)12-14-26(2,24(29)30)20(17)15-22-23(28)18-8-3-4-9-21(18)27-22/h3-6,8-9,15-17,19-20,27H,7,10-14H2,1-2H3,(H,29,30)/b22-15+/t16-,17+,19+,20+,25+,26+/m1/s1. The van der Waals surface area contributed by atoms with Crippen LogP contribution in [0.1, 0.15) is 62.7 Å². The van der Waals surface area contributed by atoms with Crippen LogP contribution in [0.3, 0.4) is 0 Å². The SMILES string of the molecule is C[C@]12CC=CC[C@@H]1CC[C@H]1[C@@H]2CC[C@](C)(C(=O)O)[C@H]1/C=C1/Nc2ccccc2C1=O. The van der Waals surface area contributed by atoms with Crippen LogP contribution in [-0.4, -0.2) is 16.9 Å². The molecule has 1 aromatic rings. The highest BCUT2D eigenvalue weighted by molar-refractivity contribution is 6.18. The predicted molar refractivity (Wildman–Crippen MR) is 117 cm³/mol. The topological polar surface area (TPSA) is 66.4 Å². The van der Waals surface area contributed by atoms with Crippen LogP contribution in [0.2, 0.25) is 0 Å². The fourth-order valence-corrected chi connectivity index (χ4v) is 7.08. The number of benzene rings is 1. The summed E-state index contributed by atoms with van der Waals surface area (Å²) in [5, 5.41) is 13.5. The summed E-state index contributed by atoms with van der Waals surface area (Å²) in [5.74, 6) is 0.621. The summed E-state index contributed by atoms with van der Waals surface area (Å²) < 4.78 is 0. The van der Waals surface area contributed by atoms with Crippen LogP contribution in [0, 0.1) is 34.5 Å². The third kappa shape index (κ3) is 2.72. The van der Waals surface area contributed by atoms with Gasteiger partial charge in [-0.1, -0.05) is 37.3 Å². The first kappa shape index (κ1) is 19.6. The summed E-state index contributed by atoms with van der Waals surface area (Å²) in [6, 6.07) is 7.54. The fraction of sp³-hybridized carbons (Fsp3) is 0.538. The lowest BCUT2D eigenvalue weighted by atomic mass is 9.45. The van der Waals surface area contributed by atoms with Gasteiger partial charge in [0.1, 0.15) is 0 Å². The van der Waals surface area contributed by atoms with Crippen molar-refractivity contribution in [3.05, 3.63) is 53.8 Å². The number of carboxylic acids is 1. The number of fused-ring (bicyclic) bond motifs is 4. The van der Waals surface area contributed by atoms with E-state index in [0.29, 0.717) is 35.4 Å². The predicted octanol–water partition coefficient (Wildman–Crippen LogP) is 5.68. The Balaban J connectivity index is 1.55. The number of rotatable bonds is 2. The van der Waals surface area contributed by atoms with E-state index in [1.165, 1.54) is 0 Å². The number of nitrogens with one attached hydrogen (secondary N) is 1. The van der Waals surface area contributed by atoms with E-state index in [1.807, 2.05) is 37.3 Å². The molecule has 0 spiro atoms. The number of hydrogen-bond acceptors (Lipinski definition) is 3. The molecule has 0 saturated heterocycles. The number of carboxylic acid groups (broad SMARTS) is 1. The van der Waals surface area contributed by atoms with Gasteiger partial charge in [0.25, 0.3) is 0 Å². The molecule has 0 unspecified atom stereocenters. The molecule has 2 fully saturated rings. The Labute approximate surface area is 178 Å². The molecule has 158 valence electrons. The van der Waals surface area contributed by atoms with Crippen molar-refractivity contribution in [2.75, 3.05) is 5.32 Å². The van der Waals surface area contributed by atoms with Gasteiger partial charge in [0.15, 0.2) is 0 Å². The van der Waals surface area contributed by atoms with E-state index < -0.39 is 11.4 Å². The highest BCUT2D eigenvalue weighted by Crippen LogP contribution is 2.62. The first-order valence-corrected chi connectivity index (χ1v) is 11.4. The molecule has 4 nitrogen and oxygen atoms in total. The first-order valence-electron chi connectivity index (χ1n) is 11.4. The number of aliphatic carboxylic acids is 1. The highest BCUT2D eigenvalue weighted by atomic mass is 16.4. The minimum atomic E-state index is -0.835. The van der Waals surface area contributed by atoms with Crippen LogP contribution < -0.4 is 5.32 Å². The molecular formula is C26H31NO3. The average Bonchev–Trinajstić information content (AvgIpc) is 3.05. The molecule has 4 heteroatoms. The minimum absolute atomic E-state index is 0.0130. The Morgan fingerprint density at radius 2 is 1.97 bits per heavy atom. The first-order chi connectivity index (χ1) is 14.3. The molecule has 0 bridgehead atoms. The maximum atomic E-state index is 13.0. The second-order valence-electron chi connectivity index (χ2n) is 10.3. The largest absolute Gasteiger partial charge is 0.481 e. The third-order valence-electron chi connectivity index (χ3n) is 8.98. The van der Waals surface area contributed by atoms with Gasteiger partial charge in [0, 0.05) is 11.3 Å². The van der Waals surface area contributed by atoms with Crippen LogP contribution in [0.5, 0.6) is 0 Å². The van der Waals surface area contributed by atoms with E-state index in [-0.39, 0.29) is 17.1 Å².